The number of aromatic nitrogens is 3. The zero-order valence-corrected chi connectivity index (χ0v) is 24.2. The predicted molar refractivity (Wildman–Crippen MR) is 152 cm³/mol. The number of pyridine rings is 1. The summed E-state index contributed by atoms with van der Waals surface area (Å²) >= 11 is 0. The van der Waals surface area contributed by atoms with Gasteiger partial charge in [-0.25, -0.2) is 4.98 Å². The van der Waals surface area contributed by atoms with Gasteiger partial charge in [0, 0.05) is 25.9 Å². The third kappa shape index (κ3) is 6.97. The summed E-state index contributed by atoms with van der Waals surface area (Å²) in [7, 11) is -2.65. The van der Waals surface area contributed by atoms with Crippen LogP contribution < -0.4 is 23.8 Å². The van der Waals surface area contributed by atoms with E-state index in [4.69, 9.17) is 23.7 Å². The van der Waals surface area contributed by atoms with Gasteiger partial charge < -0.3 is 28.6 Å². The standard InChI is InChI=1S/C28H35N5O7S/c1-19(2)20-10-11-24(29-17-20)41(34,35)32-26-25(40-23-9-5-4-8-22(23)36-3)27(39-18-21-7-6-14-38-21)31-28(30-26)33-12-15-37-16-13-33/h4-5,8-11,17,19,21H,6-7,12-16,18H2,1-3H3,(H,30,31,32). The third-order valence-corrected chi connectivity index (χ3v) is 8.01. The van der Waals surface area contributed by atoms with E-state index in [1.165, 1.54) is 13.2 Å². The van der Waals surface area contributed by atoms with Crippen molar-refractivity contribution in [3.63, 3.8) is 0 Å². The molecular formula is C28H35N5O7S. The number of rotatable bonds is 11. The van der Waals surface area contributed by atoms with Gasteiger partial charge in [0.2, 0.25) is 11.7 Å². The van der Waals surface area contributed by atoms with Gasteiger partial charge in [-0.3, -0.25) is 4.72 Å². The van der Waals surface area contributed by atoms with E-state index >= 15 is 0 Å². The van der Waals surface area contributed by atoms with Crippen molar-refractivity contribution in [2.75, 3.05) is 56.2 Å². The fourth-order valence-corrected chi connectivity index (χ4v) is 5.35. The number of nitrogens with one attached hydrogen (secondary N) is 1. The number of sulfonamides is 1. The van der Waals surface area contributed by atoms with E-state index < -0.39 is 10.0 Å². The lowest BCUT2D eigenvalue weighted by Crippen LogP contribution is -2.37. The van der Waals surface area contributed by atoms with E-state index in [9.17, 15) is 8.42 Å². The minimum atomic E-state index is -4.17. The molecule has 0 spiro atoms. The Bertz CT molecular complexity index is 1420. The lowest BCUT2D eigenvalue weighted by atomic mass is 10.1. The molecule has 0 amide bonds. The summed E-state index contributed by atoms with van der Waals surface area (Å²) in [4.78, 5) is 15.4. The molecule has 0 aliphatic carbocycles. The molecule has 1 N–H and O–H groups in total. The quantitative estimate of drug-likeness (QED) is 0.350. The Morgan fingerprint density at radius 2 is 1.85 bits per heavy atom. The highest BCUT2D eigenvalue weighted by Gasteiger charge is 2.28. The molecule has 41 heavy (non-hydrogen) atoms. The van der Waals surface area contributed by atoms with Gasteiger partial charge in [-0.05, 0) is 42.5 Å². The molecule has 3 aromatic rings. The maximum atomic E-state index is 13.6. The van der Waals surface area contributed by atoms with Gasteiger partial charge in [0.1, 0.15) is 6.61 Å². The van der Waals surface area contributed by atoms with Crippen LogP contribution in [0.4, 0.5) is 11.8 Å². The molecule has 5 rings (SSSR count). The van der Waals surface area contributed by atoms with Gasteiger partial charge in [0.05, 0.1) is 26.4 Å². The minimum absolute atomic E-state index is 0.00752. The first-order valence-electron chi connectivity index (χ1n) is 13.6. The Kier molecular flexibility index (Phi) is 9.06. The maximum absolute atomic E-state index is 13.6. The van der Waals surface area contributed by atoms with Crippen LogP contribution >= 0.6 is 0 Å². The zero-order valence-electron chi connectivity index (χ0n) is 23.4. The van der Waals surface area contributed by atoms with Crippen molar-refractivity contribution in [1.82, 2.24) is 15.0 Å². The van der Waals surface area contributed by atoms with Crippen LogP contribution in [0.1, 0.15) is 38.2 Å². The fraction of sp³-hybridized carbons (Fsp3) is 0.464. The second-order valence-electron chi connectivity index (χ2n) is 9.99. The van der Waals surface area contributed by atoms with Gasteiger partial charge in [-0.15, -0.1) is 0 Å². The average Bonchev–Trinajstić information content (AvgIpc) is 3.51. The maximum Gasteiger partial charge on any atom is 0.280 e. The predicted octanol–water partition coefficient (Wildman–Crippen LogP) is 3.99. The molecule has 1 aromatic carbocycles. The molecule has 1 unspecified atom stereocenters. The topological polar surface area (TPSA) is 134 Å². The Balaban J connectivity index is 1.58. The van der Waals surface area contributed by atoms with Crippen molar-refractivity contribution in [2.45, 2.75) is 43.7 Å². The summed E-state index contributed by atoms with van der Waals surface area (Å²) in [5.41, 5.74) is 0.922. The van der Waals surface area contributed by atoms with Crippen molar-refractivity contribution in [2.24, 2.45) is 0 Å². The SMILES string of the molecule is COc1ccccc1Oc1c(NS(=O)(=O)c2ccc(C(C)C)cn2)nc(N2CCOCC2)nc1OCC1CCCO1. The van der Waals surface area contributed by atoms with Crippen LogP contribution in [0.5, 0.6) is 23.1 Å². The molecule has 2 aromatic heterocycles. The number of benzene rings is 1. The smallest absolute Gasteiger partial charge is 0.280 e. The van der Waals surface area contributed by atoms with Crippen LogP contribution in [0.2, 0.25) is 0 Å². The molecule has 4 heterocycles. The van der Waals surface area contributed by atoms with Crippen LogP contribution in [0.25, 0.3) is 0 Å². The Morgan fingerprint density at radius 3 is 2.51 bits per heavy atom. The van der Waals surface area contributed by atoms with Crippen LogP contribution in [-0.2, 0) is 19.5 Å². The number of nitrogens with zero attached hydrogens (tertiary/aromatic N) is 4. The molecule has 2 aliphatic rings. The zero-order chi connectivity index (χ0) is 28.8. The first-order chi connectivity index (χ1) is 19.8. The number of ether oxygens (including phenoxy) is 5. The Hall–Kier alpha value is -3.68. The lowest BCUT2D eigenvalue weighted by molar-refractivity contribution is 0.0654. The Morgan fingerprint density at radius 1 is 1.07 bits per heavy atom. The number of methoxy groups -OCH3 is 1. The van der Waals surface area contributed by atoms with Gasteiger partial charge in [0.15, 0.2) is 22.3 Å². The molecule has 1 atom stereocenters. The summed E-state index contributed by atoms with van der Waals surface area (Å²) in [6.45, 7) is 6.93. The minimum Gasteiger partial charge on any atom is -0.493 e. The normalized spacial score (nSPS) is 17.5. The number of hydrogen-bond acceptors (Lipinski definition) is 11. The fourth-order valence-electron chi connectivity index (χ4n) is 4.41. The summed E-state index contributed by atoms with van der Waals surface area (Å²) in [6.07, 6.45) is 3.23. The van der Waals surface area contributed by atoms with Crippen molar-refractivity contribution in [3.8, 4) is 23.1 Å². The monoisotopic (exact) mass is 585 g/mol. The van der Waals surface area contributed by atoms with E-state index in [-0.39, 0.29) is 47.1 Å². The van der Waals surface area contributed by atoms with Gasteiger partial charge in [-0.2, -0.15) is 18.4 Å². The highest BCUT2D eigenvalue weighted by molar-refractivity contribution is 7.92. The van der Waals surface area contributed by atoms with E-state index in [0.29, 0.717) is 44.4 Å². The first kappa shape index (κ1) is 28.8. The molecule has 12 nitrogen and oxygen atoms in total. The number of hydrogen-bond donors (Lipinski definition) is 1. The molecule has 0 saturated carbocycles. The van der Waals surface area contributed by atoms with E-state index in [1.54, 1.807) is 36.5 Å². The van der Waals surface area contributed by atoms with E-state index in [2.05, 4.69) is 19.7 Å². The van der Waals surface area contributed by atoms with Crippen molar-refractivity contribution in [3.05, 3.63) is 48.2 Å². The highest BCUT2D eigenvalue weighted by atomic mass is 32.2. The number of para-hydroxylation sites is 2. The van der Waals surface area contributed by atoms with Crippen LogP contribution in [-0.4, -0.2) is 76.1 Å². The van der Waals surface area contributed by atoms with Crippen LogP contribution in [0.3, 0.4) is 0 Å². The summed E-state index contributed by atoms with van der Waals surface area (Å²) in [5, 5.41) is -0.154. The largest absolute Gasteiger partial charge is 0.493 e. The second-order valence-corrected chi connectivity index (χ2v) is 11.6. The van der Waals surface area contributed by atoms with E-state index in [1.807, 2.05) is 18.7 Å². The molecule has 0 radical (unpaired) electrons. The molecule has 0 bridgehead atoms. The van der Waals surface area contributed by atoms with Gasteiger partial charge in [-0.1, -0.05) is 32.0 Å². The first-order valence-corrected chi connectivity index (χ1v) is 15.1. The van der Waals surface area contributed by atoms with Crippen LogP contribution in [0.15, 0.2) is 47.6 Å². The molecule has 13 heteroatoms. The van der Waals surface area contributed by atoms with Gasteiger partial charge >= 0.3 is 0 Å². The average molecular weight is 586 g/mol. The third-order valence-electron chi connectivity index (χ3n) is 6.76. The summed E-state index contributed by atoms with van der Waals surface area (Å²) in [6, 6.07) is 10.2. The van der Waals surface area contributed by atoms with Crippen molar-refractivity contribution in [1.29, 1.82) is 0 Å². The van der Waals surface area contributed by atoms with E-state index in [0.717, 1.165) is 18.4 Å². The van der Waals surface area contributed by atoms with Crippen LogP contribution in [0, 0.1) is 0 Å². The molecule has 220 valence electrons. The number of anilines is 2. The van der Waals surface area contributed by atoms with Gasteiger partial charge in [0.25, 0.3) is 15.9 Å². The number of morpholine rings is 1. The summed E-state index contributed by atoms with van der Waals surface area (Å²) in [5.74, 6) is 1.23. The molecule has 2 fully saturated rings. The Labute approximate surface area is 240 Å². The van der Waals surface area contributed by atoms with Crippen molar-refractivity contribution < 1.29 is 32.1 Å². The molecular weight excluding hydrogens is 550 g/mol. The lowest BCUT2D eigenvalue weighted by Gasteiger charge is -2.28. The molecule has 2 saturated heterocycles. The summed E-state index contributed by atoms with van der Waals surface area (Å²) < 4.78 is 58.8. The molecule has 2 aliphatic heterocycles. The highest BCUT2D eigenvalue weighted by Crippen LogP contribution is 2.41. The second kappa shape index (κ2) is 12.9. The van der Waals surface area contributed by atoms with Crippen molar-refractivity contribution >= 4 is 21.8 Å².